The summed E-state index contributed by atoms with van der Waals surface area (Å²) in [5, 5.41) is 5.01. The minimum absolute atomic E-state index is 0.228. The highest BCUT2D eigenvalue weighted by molar-refractivity contribution is 9.10. The van der Waals surface area contributed by atoms with Gasteiger partial charge in [-0.3, -0.25) is 0 Å². The largest absolute Gasteiger partial charge is 0.341 e. The van der Waals surface area contributed by atoms with Crippen LogP contribution in [0.1, 0.15) is 5.56 Å². The maximum Gasteiger partial charge on any atom is 0.318 e. The van der Waals surface area contributed by atoms with E-state index in [0.29, 0.717) is 0 Å². The zero-order valence-corrected chi connectivity index (χ0v) is 9.34. The van der Waals surface area contributed by atoms with Crippen LogP contribution in [0.2, 0.25) is 0 Å². The predicted octanol–water partition coefficient (Wildman–Crippen LogP) is 2.35. The van der Waals surface area contributed by atoms with Crippen LogP contribution in [0.25, 0.3) is 6.08 Å². The van der Waals surface area contributed by atoms with Gasteiger partial charge in [-0.25, -0.2) is 4.79 Å². The molecule has 74 valence electrons. The van der Waals surface area contributed by atoms with E-state index in [-0.39, 0.29) is 6.03 Å². The molecule has 0 radical (unpaired) electrons. The van der Waals surface area contributed by atoms with Gasteiger partial charge >= 0.3 is 6.03 Å². The number of rotatable bonds is 2. The molecule has 3 nitrogen and oxygen atoms in total. The zero-order chi connectivity index (χ0) is 10.4. The highest BCUT2D eigenvalue weighted by Gasteiger charge is 1.93. The lowest BCUT2D eigenvalue weighted by Crippen LogP contribution is -2.28. The second-order valence-electron chi connectivity index (χ2n) is 2.58. The highest BCUT2D eigenvalue weighted by atomic mass is 79.9. The average molecular weight is 255 g/mol. The van der Waals surface area contributed by atoms with Crippen LogP contribution in [0.15, 0.2) is 34.9 Å². The van der Waals surface area contributed by atoms with Crippen molar-refractivity contribution in [3.8, 4) is 0 Å². The maximum absolute atomic E-state index is 10.8. The Morgan fingerprint density at radius 3 is 2.79 bits per heavy atom. The number of nitrogens with one attached hydrogen (secondary N) is 2. The Morgan fingerprint density at radius 2 is 2.14 bits per heavy atom. The normalized spacial score (nSPS) is 10.1. The summed E-state index contributed by atoms with van der Waals surface area (Å²) in [4.78, 5) is 10.8. The van der Waals surface area contributed by atoms with Crippen LogP contribution in [0, 0.1) is 0 Å². The number of hydrogen-bond donors (Lipinski definition) is 2. The van der Waals surface area contributed by atoms with Crippen molar-refractivity contribution < 1.29 is 4.79 Å². The number of halogens is 1. The third kappa shape index (κ3) is 3.22. The van der Waals surface area contributed by atoms with Gasteiger partial charge in [0.05, 0.1) is 0 Å². The van der Waals surface area contributed by atoms with E-state index in [1.807, 2.05) is 30.3 Å². The van der Waals surface area contributed by atoms with Crippen molar-refractivity contribution in [1.29, 1.82) is 0 Å². The summed E-state index contributed by atoms with van der Waals surface area (Å²) < 4.78 is 0.995. The molecule has 2 amide bonds. The summed E-state index contributed by atoms with van der Waals surface area (Å²) in [5.74, 6) is 0. The number of urea groups is 1. The number of amides is 2. The Hall–Kier alpha value is -1.29. The van der Waals surface area contributed by atoms with Gasteiger partial charge in [-0.05, 0) is 17.7 Å². The van der Waals surface area contributed by atoms with Crippen LogP contribution in [0.5, 0.6) is 0 Å². The molecule has 0 spiro atoms. The predicted molar refractivity (Wildman–Crippen MR) is 60.8 cm³/mol. The molecule has 0 aromatic heterocycles. The molecule has 1 aromatic rings. The fourth-order valence-corrected chi connectivity index (χ4v) is 1.31. The maximum atomic E-state index is 10.8. The summed E-state index contributed by atoms with van der Waals surface area (Å²) in [6, 6.07) is 7.54. The van der Waals surface area contributed by atoms with Crippen molar-refractivity contribution in [3.63, 3.8) is 0 Å². The first-order valence-corrected chi connectivity index (χ1v) is 4.92. The van der Waals surface area contributed by atoms with Gasteiger partial charge in [-0.15, -0.1) is 0 Å². The molecule has 14 heavy (non-hydrogen) atoms. The Morgan fingerprint density at radius 1 is 1.43 bits per heavy atom. The van der Waals surface area contributed by atoms with E-state index in [9.17, 15) is 4.79 Å². The Bertz CT molecular complexity index is 350. The lowest BCUT2D eigenvalue weighted by atomic mass is 10.2. The van der Waals surface area contributed by atoms with Gasteiger partial charge in [-0.2, -0.15) is 0 Å². The molecule has 0 atom stereocenters. The van der Waals surface area contributed by atoms with Crippen molar-refractivity contribution in [2.45, 2.75) is 0 Å². The summed E-state index contributed by atoms with van der Waals surface area (Å²) >= 11 is 3.40. The lowest BCUT2D eigenvalue weighted by Gasteiger charge is -1.98. The van der Waals surface area contributed by atoms with Crippen LogP contribution < -0.4 is 10.6 Å². The number of hydrogen-bond acceptors (Lipinski definition) is 1. The molecule has 0 saturated heterocycles. The molecule has 0 unspecified atom stereocenters. The van der Waals surface area contributed by atoms with Gasteiger partial charge < -0.3 is 10.6 Å². The summed E-state index contributed by atoms with van der Waals surface area (Å²) in [6.07, 6.45) is 3.41. The van der Waals surface area contributed by atoms with E-state index in [1.54, 1.807) is 13.2 Å². The second-order valence-corrected chi connectivity index (χ2v) is 3.43. The third-order valence-electron chi connectivity index (χ3n) is 1.61. The Balaban J connectivity index is 2.60. The standard InChI is InChI=1S/C10H11BrN2O/c1-12-10(14)13-7-6-8-4-2-3-5-9(8)11/h2-7H,1H3,(H2,12,13,14)/b7-6+. The van der Waals surface area contributed by atoms with E-state index in [2.05, 4.69) is 26.6 Å². The van der Waals surface area contributed by atoms with E-state index in [0.717, 1.165) is 10.0 Å². The second kappa shape index (κ2) is 5.44. The smallest absolute Gasteiger partial charge is 0.318 e. The van der Waals surface area contributed by atoms with Crippen molar-refractivity contribution in [2.24, 2.45) is 0 Å². The SMILES string of the molecule is CNC(=O)N/C=C/c1ccccc1Br. The van der Waals surface area contributed by atoms with E-state index < -0.39 is 0 Å². The summed E-state index contributed by atoms with van der Waals surface area (Å²) in [6.45, 7) is 0. The molecule has 0 bridgehead atoms. The van der Waals surface area contributed by atoms with Gasteiger partial charge in [0.25, 0.3) is 0 Å². The first-order chi connectivity index (χ1) is 6.74. The van der Waals surface area contributed by atoms with Crippen molar-refractivity contribution in [2.75, 3.05) is 7.05 Å². The van der Waals surface area contributed by atoms with Gasteiger partial charge in [0.15, 0.2) is 0 Å². The number of carbonyl (C=O) groups excluding carboxylic acids is 1. The highest BCUT2D eigenvalue weighted by Crippen LogP contribution is 2.16. The molecule has 0 aliphatic rings. The molecule has 0 aliphatic heterocycles. The molecule has 0 aliphatic carbocycles. The summed E-state index contributed by atoms with van der Waals surface area (Å²) in [7, 11) is 1.57. The fourth-order valence-electron chi connectivity index (χ4n) is 0.890. The van der Waals surface area contributed by atoms with E-state index >= 15 is 0 Å². The van der Waals surface area contributed by atoms with Crippen LogP contribution in [-0.2, 0) is 0 Å². The average Bonchev–Trinajstić information content (AvgIpc) is 2.20. The van der Waals surface area contributed by atoms with Crippen molar-refractivity contribution >= 4 is 28.0 Å². The van der Waals surface area contributed by atoms with Gasteiger partial charge in [0.1, 0.15) is 0 Å². The van der Waals surface area contributed by atoms with Gasteiger partial charge in [0.2, 0.25) is 0 Å². The minimum Gasteiger partial charge on any atom is -0.341 e. The van der Waals surface area contributed by atoms with Crippen LogP contribution in [0.4, 0.5) is 4.79 Å². The van der Waals surface area contributed by atoms with Crippen LogP contribution >= 0.6 is 15.9 Å². The fraction of sp³-hybridized carbons (Fsp3) is 0.100. The first kappa shape index (κ1) is 10.8. The van der Waals surface area contributed by atoms with Gasteiger partial charge in [0, 0.05) is 17.7 Å². The molecule has 2 N–H and O–H groups in total. The van der Waals surface area contributed by atoms with E-state index in [4.69, 9.17) is 0 Å². The molecule has 0 saturated carbocycles. The molecule has 0 fully saturated rings. The van der Waals surface area contributed by atoms with Crippen molar-refractivity contribution in [3.05, 3.63) is 40.5 Å². The van der Waals surface area contributed by atoms with Crippen molar-refractivity contribution in [1.82, 2.24) is 10.6 Å². The minimum atomic E-state index is -0.228. The number of benzene rings is 1. The van der Waals surface area contributed by atoms with Crippen LogP contribution in [0.3, 0.4) is 0 Å². The Labute approximate surface area is 91.3 Å². The first-order valence-electron chi connectivity index (χ1n) is 4.13. The molecule has 4 heteroatoms. The zero-order valence-electron chi connectivity index (χ0n) is 7.75. The topological polar surface area (TPSA) is 41.1 Å². The van der Waals surface area contributed by atoms with Crippen LogP contribution in [-0.4, -0.2) is 13.1 Å². The lowest BCUT2D eigenvalue weighted by molar-refractivity contribution is 0.246. The molecular formula is C10H11BrN2O. The molecular weight excluding hydrogens is 244 g/mol. The van der Waals surface area contributed by atoms with E-state index in [1.165, 1.54) is 0 Å². The number of carbonyl (C=O) groups is 1. The quantitative estimate of drug-likeness (QED) is 0.836. The Kier molecular flexibility index (Phi) is 4.19. The van der Waals surface area contributed by atoms with Gasteiger partial charge in [-0.1, -0.05) is 34.1 Å². The molecule has 0 heterocycles. The summed E-state index contributed by atoms with van der Waals surface area (Å²) in [5.41, 5.74) is 1.02. The molecule has 1 aromatic carbocycles. The third-order valence-corrected chi connectivity index (χ3v) is 2.33. The molecule has 1 rings (SSSR count). The monoisotopic (exact) mass is 254 g/mol.